The molecular formula is C12H16N4O2S. The first-order chi connectivity index (χ1) is 8.88. The highest BCUT2D eigenvalue weighted by Crippen LogP contribution is 2.23. The van der Waals surface area contributed by atoms with E-state index in [2.05, 4.69) is 10.4 Å². The normalized spacial score (nSPS) is 11.5. The largest absolute Gasteiger partial charge is 0.397 e. The molecule has 7 heteroatoms. The van der Waals surface area contributed by atoms with E-state index >= 15 is 0 Å². The van der Waals surface area contributed by atoms with Crippen molar-refractivity contribution in [3.8, 4) is 0 Å². The Hall–Kier alpha value is -2.02. The standard InChI is InChI=1S/C12H16N4O2S/c1-16-9(5-6-15-16)8-14-12-4-3-10(7-11(12)13)19(2,17)18/h3-7,14H,8,13H2,1-2H3. The van der Waals surface area contributed by atoms with Crippen molar-refractivity contribution in [1.29, 1.82) is 0 Å². The van der Waals surface area contributed by atoms with Gasteiger partial charge in [0.05, 0.1) is 28.5 Å². The Bertz CT molecular complexity index is 692. The molecule has 2 aromatic rings. The van der Waals surface area contributed by atoms with E-state index in [-0.39, 0.29) is 4.90 Å². The Morgan fingerprint density at radius 2 is 2.11 bits per heavy atom. The smallest absolute Gasteiger partial charge is 0.175 e. The maximum absolute atomic E-state index is 11.4. The average molecular weight is 280 g/mol. The van der Waals surface area contributed by atoms with Gasteiger partial charge in [0.2, 0.25) is 0 Å². The van der Waals surface area contributed by atoms with Crippen LogP contribution in [-0.2, 0) is 23.4 Å². The molecule has 0 aliphatic rings. The molecule has 0 spiro atoms. The number of aromatic nitrogens is 2. The van der Waals surface area contributed by atoms with Gasteiger partial charge >= 0.3 is 0 Å². The minimum atomic E-state index is -3.23. The molecule has 1 heterocycles. The Kier molecular flexibility index (Phi) is 3.48. The zero-order valence-electron chi connectivity index (χ0n) is 10.8. The number of benzene rings is 1. The van der Waals surface area contributed by atoms with Crippen LogP contribution in [0.1, 0.15) is 5.69 Å². The molecule has 0 saturated heterocycles. The SMILES string of the molecule is Cn1nccc1CNc1ccc(S(C)(=O)=O)cc1N. The zero-order chi connectivity index (χ0) is 14.0. The molecule has 1 aromatic carbocycles. The van der Waals surface area contributed by atoms with E-state index in [1.165, 1.54) is 12.1 Å². The lowest BCUT2D eigenvalue weighted by Crippen LogP contribution is -2.07. The van der Waals surface area contributed by atoms with Crippen molar-refractivity contribution in [3.05, 3.63) is 36.2 Å². The number of nitrogens with one attached hydrogen (secondary N) is 1. The maximum Gasteiger partial charge on any atom is 0.175 e. The van der Waals surface area contributed by atoms with Crippen molar-refractivity contribution in [2.75, 3.05) is 17.3 Å². The minimum absolute atomic E-state index is 0.219. The van der Waals surface area contributed by atoms with Crippen LogP contribution in [0.4, 0.5) is 11.4 Å². The predicted molar refractivity (Wildman–Crippen MR) is 74.5 cm³/mol. The van der Waals surface area contributed by atoms with Gasteiger partial charge in [-0.3, -0.25) is 4.68 Å². The summed E-state index contributed by atoms with van der Waals surface area (Å²) in [6.45, 7) is 0.568. The van der Waals surface area contributed by atoms with E-state index in [0.717, 1.165) is 11.9 Å². The summed E-state index contributed by atoms with van der Waals surface area (Å²) in [5.41, 5.74) is 7.96. The Morgan fingerprint density at radius 1 is 1.37 bits per heavy atom. The summed E-state index contributed by atoms with van der Waals surface area (Å²) >= 11 is 0. The van der Waals surface area contributed by atoms with Gasteiger partial charge in [0.25, 0.3) is 0 Å². The van der Waals surface area contributed by atoms with Crippen molar-refractivity contribution < 1.29 is 8.42 Å². The number of nitrogens with zero attached hydrogens (tertiary/aromatic N) is 2. The molecule has 19 heavy (non-hydrogen) atoms. The van der Waals surface area contributed by atoms with Crippen molar-refractivity contribution in [2.24, 2.45) is 7.05 Å². The van der Waals surface area contributed by atoms with Crippen LogP contribution in [0, 0.1) is 0 Å². The van der Waals surface area contributed by atoms with Gasteiger partial charge in [-0.15, -0.1) is 0 Å². The second kappa shape index (κ2) is 4.93. The highest BCUT2D eigenvalue weighted by Gasteiger charge is 2.09. The van der Waals surface area contributed by atoms with E-state index in [1.807, 2.05) is 13.1 Å². The summed E-state index contributed by atoms with van der Waals surface area (Å²) in [7, 11) is -1.37. The van der Waals surface area contributed by atoms with Crippen molar-refractivity contribution >= 4 is 21.2 Å². The summed E-state index contributed by atoms with van der Waals surface area (Å²) in [5, 5.41) is 7.22. The third-order valence-corrected chi connectivity index (χ3v) is 3.94. The lowest BCUT2D eigenvalue weighted by atomic mass is 10.2. The van der Waals surface area contributed by atoms with Crippen LogP contribution in [0.3, 0.4) is 0 Å². The van der Waals surface area contributed by atoms with Crippen LogP contribution in [0.25, 0.3) is 0 Å². The number of aryl methyl sites for hydroxylation is 1. The van der Waals surface area contributed by atoms with Gasteiger partial charge in [0.15, 0.2) is 9.84 Å². The third kappa shape index (κ3) is 3.05. The summed E-state index contributed by atoms with van der Waals surface area (Å²) in [5.74, 6) is 0. The van der Waals surface area contributed by atoms with Gasteiger partial charge in [0, 0.05) is 19.5 Å². The number of anilines is 2. The maximum atomic E-state index is 11.4. The summed E-state index contributed by atoms with van der Waals surface area (Å²) in [6.07, 6.45) is 2.87. The molecule has 6 nitrogen and oxygen atoms in total. The monoisotopic (exact) mass is 280 g/mol. The average Bonchev–Trinajstić information content (AvgIpc) is 2.72. The number of sulfone groups is 1. The number of nitrogen functional groups attached to an aromatic ring is 1. The highest BCUT2D eigenvalue weighted by atomic mass is 32.2. The van der Waals surface area contributed by atoms with Gasteiger partial charge < -0.3 is 11.1 Å². The minimum Gasteiger partial charge on any atom is -0.397 e. The molecule has 0 aliphatic carbocycles. The second-order valence-corrected chi connectivity index (χ2v) is 6.34. The van der Waals surface area contributed by atoms with Crippen LogP contribution in [-0.4, -0.2) is 24.5 Å². The van der Waals surface area contributed by atoms with Crippen molar-refractivity contribution in [2.45, 2.75) is 11.4 Å². The highest BCUT2D eigenvalue weighted by molar-refractivity contribution is 7.90. The van der Waals surface area contributed by atoms with Gasteiger partial charge in [-0.1, -0.05) is 0 Å². The molecule has 0 aliphatic heterocycles. The predicted octanol–water partition coefficient (Wildman–Crippen LogP) is 1.02. The summed E-state index contributed by atoms with van der Waals surface area (Å²) in [6, 6.07) is 6.56. The molecule has 102 valence electrons. The first-order valence-corrected chi connectivity index (χ1v) is 7.57. The molecule has 0 atom stereocenters. The van der Waals surface area contributed by atoms with Gasteiger partial charge in [-0.25, -0.2) is 8.42 Å². The first kappa shape index (κ1) is 13.4. The summed E-state index contributed by atoms with van der Waals surface area (Å²) in [4.78, 5) is 0.219. The molecule has 0 bridgehead atoms. The fraction of sp³-hybridized carbons (Fsp3) is 0.250. The molecule has 0 amide bonds. The Labute approximate surface area is 112 Å². The molecule has 3 N–H and O–H groups in total. The first-order valence-electron chi connectivity index (χ1n) is 5.68. The third-order valence-electron chi connectivity index (χ3n) is 2.83. The lowest BCUT2D eigenvalue weighted by Gasteiger charge is -2.10. The molecule has 0 fully saturated rings. The Morgan fingerprint density at radius 3 is 2.63 bits per heavy atom. The van der Waals surface area contributed by atoms with Crippen LogP contribution in [0.2, 0.25) is 0 Å². The van der Waals surface area contributed by atoms with Crippen LogP contribution in [0.15, 0.2) is 35.4 Å². The molecule has 1 aromatic heterocycles. The molecule has 2 rings (SSSR count). The van der Waals surface area contributed by atoms with E-state index in [0.29, 0.717) is 17.9 Å². The Balaban J connectivity index is 2.16. The van der Waals surface area contributed by atoms with Gasteiger partial charge in [-0.2, -0.15) is 5.10 Å². The van der Waals surface area contributed by atoms with Crippen molar-refractivity contribution in [3.63, 3.8) is 0 Å². The fourth-order valence-corrected chi connectivity index (χ4v) is 2.35. The topological polar surface area (TPSA) is 90.0 Å². The fourth-order valence-electron chi connectivity index (χ4n) is 1.69. The van der Waals surface area contributed by atoms with Gasteiger partial charge in [-0.05, 0) is 24.3 Å². The molecule has 0 unspecified atom stereocenters. The van der Waals surface area contributed by atoms with E-state index in [1.54, 1.807) is 16.9 Å². The lowest BCUT2D eigenvalue weighted by molar-refractivity contribution is 0.602. The summed E-state index contributed by atoms with van der Waals surface area (Å²) < 4.78 is 24.6. The quantitative estimate of drug-likeness (QED) is 0.816. The number of hydrogen-bond donors (Lipinski definition) is 2. The van der Waals surface area contributed by atoms with Crippen molar-refractivity contribution in [1.82, 2.24) is 9.78 Å². The number of rotatable bonds is 4. The van der Waals surface area contributed by atoms with E-state index in [4.69, 9.17) is 5.73 Å². The molecule has 0 radical (unpaired) electrons. The second-order valence-electron chi connectivity index (χ2n) is 4.32. The van der Waals surface area contributed by atoms with Crippen LogP contribution >= 0.6 is 0 Å². The van der Waals surface area contributed by atoms with Crippen LogP contribution < -0.4 is 11.1 Å². The van der Waals surface area contributed by atoms with E-state index < -0.39 is 9.84 Å². The molecular weight excluding hydrogens is 264 g/mol. The van der Waals surface area contributed by atoms with Gasteiger partial charge in [0.1, 0.15) is 0 Å². The van der Waals surface area contributed by atoms with E-state index in [9.17, 15) is 8.42 Å². The number of hydrogen-bond acceptors (Lipinski definition) is 5. The van der Waals surface area contributed by atoms with Crippen LogP contribution in [0.5, 0.6) is 0 Å². The number of nitrogens with two attached hydrogens (primary N) is 1. The zero-order valence-corrected chi connectivity index (χ0v) is 11.6. The molecule has 0 saturated carbocycles.